The van der Waals surface area contributed by atoms with E-state index in [1.807, 2.05) is 12.1 Å². The van der Waals surface area contributed by atoms with Crippen molar-refractivity contribution in [3.8, 4) is 11.3 Å². The Hall–Kier alpha value is -2.82. The number of para-hydroxylation sites is 1. The zero-order valence-corrected chi connectivity index (χ0v) is 10.5. The maximum Gasteiger partial charge on any atom is 0.299 e. The van der Waals surface area contributed by atoms with Crippen LogP contribution < -0.4 is 11.1 Å². The molecule has 0 spiro atoms. The van der Waals surface area contributed by atoms with E-state index in [0.717, 1.165) is 5.56 Å². The monoisotopic (exact) mass is 269 g/mol. The van der Waals surface area contributed by atoms with Crippen LogP contribution in [0.3, 0.4) is 0 Å². The number of nitrogen functional groups attached to an aromatic ring is 1. The normalized spacial score (nSPS) is 10.4. The Balaban J connectivity index is 1.86. The van der Waals surface area contributed by atoms with Gasteiger partial charge in [0, 0.05) is 11.3 Å². The van der Waals surface area contributed by atoms with Crippen molar-refractivity contribution in [2.45, 2.75) is 0 Å². The Morgan fingerprint density at radius 2 is 1.95 bits per heavy atom. The summed E-state index contributed by atoms with van der Waals surface area (Å²) in [5.41, 5.74) is 7.49. The maximum atomic E-state index is 13.5. The molecule has 0 bridgehead atoms. The average Bonchev–Trinajstić information content (AvgIpc) is 2.90. The number of nitrogens with zero attached hydrogens (tertiary/aromatic N) is 1. The third-order valence-electron chi connectivity index (χ3n) is 2.79. The summed E-state index contributed by atoms with van der Waals surface area (Å²) in [6.45, 7) is 0. The highest BCUT2D eigenvalue weighted by molar-refractivity contribution is 5.63. The highest BCUT2D eigenvalue weighted by atomic mass is 19.1. The van der Waals surface area contributed by atoms with Gasteiger partial charge in [-0.15, -0.1) is 0 Å². The molecule has 0 saturated heterocycles. The molecule has 3 N–H and O–H groups in total. The number of halogens is 1. The van der Waals surface area contributed by atoms with E-state index >= 15 is 0 Å². The third kappa shape index (κ3) is 2.47. The van der Waals surface area contributed by atoms with E-state index in [-0.39, 0.29) is 11.8 Å². The van der Waals surface area contributed by atoms with Crippen molar-refractivity contribution < 1.29 is 8.81 Å². The Labute approximate surface area is 115 Å². The van der Waals surface area contributed by atoms with E-state index in [4.69, 9.17) is 10.2 Å². The van der Waals surface area contributed by atoms with Gasteiger partial charge in [-0.05, 0) is 24.3 Å². The predicted molar refractivity (Wildman–Crippen MR) is 76.0 cm³/mol. The topological polar surface area (TPSA) is 64.1 Å². The van der Waals surface area contributed by atoms with Crippen LogP contribution in [0.25, 0.3) is 11.3 Å². The van der Waals surface area contributed by atoms with Gasteiger partial charge in [0.15, 0.2) is 5.76 Å². The number of nitrogens with one attached hydrogen (secondary N) is 1. The minimum Gasteiger partial charge on any atom is -0.423 e. The summed E-state index contributed by atoms with van der Waals surface area (Å²) in [6, 6.07) is 13.8. The number of hydrogen-bond acceptors (Lipinski definition) is 4. The van der Waals surface area contributed by atoms with Crippen molar-refractivity contribution in [3.63, 3.8) is 0 Å². The van der Waals surface area contributed by atoms with Crippen molar-refractivity contribution in [1.82, 2.24) is 4.98 Å². The van der Waals surface area contributed by atoms with Crippen molar-refractivity contribution in [3.05, 3.63) is 60.5 Å². The molecule has 2 aromatic carbocycles. The molecule has 0 aliphatic carbocycles. The molecule has 0 saturated carbocycles. The zero-order chi connectivity index (χ0) is 13.9. The molecule has 1 heterocycles. The van der Waals surface area contributed by atoms with Crippen LogP contribution in [0.5, 0.6) is 0 Å². The summed E-state index contributed by atoms with van der Waals surface area (Å²) in [6.07, 6.45) is 1.57. The molecular weight excluding hydrogens is 257 g/mol. The van der Waals surface area contributed by atoms with Crippen LogP contribution in [-0.2, 0) is 0 Å². The van der Waals surface area contributed by atoms with Gasteiger partial charge >= 0.3 is 0 Å². The fourth-order valence-electron chi connectivity index (χ4n) is 1.84. The third-order valence-corrected chi connectivity index (χ3v) is 2.79. The highest BCUT2D eigenvalue weighted by Crippen LogP contribution is 2.26. The van der Waals surface area contributed by atoms with Gasteiger partial charge in [-0.2, -0.15) is 0 Å². The van der Waals surface area contributed by atoms with E-state index in [1.54, 1.807) is 36.5 Å². The van der Waals surface area contributed by atoms with E-state index in [1.165, 1.54) is 6.07 Å². The van der Waals surface area contributed by atoms with Gasteiger partial charge in [0.25, 0.3) is 6.01 Å². The number of benzene rings is 2. The van der Waals surface area contributed by atoms with Crippen molar-refractivity contribution in [2.24, 2.45) is 0 Å². The minimum absolute atomic E-state index is 0.229. The van der Waals surface area contributed by atoms with E-state index in [9.17, 15) is 4.39 Å². The van der Waals surface area contributed by atoms with Crippen LogP contribution in [0.4, 0.5) is 21.8 Å². The van der Waals surface area contributed by atoms with Crippen molar-refractivity contribution in [2.75, 3.05) is 11.1 Å². The molecule has 0 atom stereocenters. The standard InChI is InChI=1S/C15H12FN3O/c16-12-6-1-2-7-13(12)19-15-18-9-14(20-15)10-4-3-5-11(17)8-10/h1-9H,17H2,(H,18,19). The molecule has 20 heavy (non-hydrogen) atoms. The number of hydrogen-bond donors (Lipinski definition) is 2. The minimum atomic E-state index is -0.365. The first-order valence-corrected chi connectivity index (χ1v) is 6.06. The SMILES string of the molecule is Nc1cccc(-c2cnc(Nc3ccccc3F)o2)c1. The molecule has 0 aliphatic heterocycles. The summed E-state index contributed by atoms with van der Waals surface area (Å²) in [5.74, 6) is 0.201. The lowest BCUT2D eigenvalue weighted by atomic mass is 10.2. The van der Waals surface area contributed by atoms with Gasteiger partial charge in [-0.1, -0.05) is 24.3 Å². The summed E-state index contributed by atoms with van der Waals surface area (Å²) in [5, 5.41) is 2.79. The molecule has 100 valence electrons. The first-order chi connectivity index (χ1) is 9.72. The zero-order valence-electron chi connectivity index (χ0n) is 10.5. The van der Waals surface area contributed by atoms with Crippen LogP contribution in [-0.4, -0.2) is 4.98 Å². The number of anilines is 3. The second-order valence-corrected chi connectivity index (χ2v) is 4.26. The fourth-order valence-corrected chi connectivity index (χ4v) is 1.84. The molecule has 0 aliphatic rings. The van der Waals surface area contributed by atoms with Crippen molar-refractivity contribution in [1.29, 1.82) is 0 Å². The summed E-state index contributed by atoms with van der Waals surface area (Å²) in [7, 11) is 0. The Bertz CT molecular complexity index is 739. The smallest absolute Gasteiger partial charge is 0.299 e. The molecule has 0 fully saturated rings. The van der Waals surface area contributed by atoms with Crippen molar-refractivity contribution >= 4 is 17.4 Å². The second kappa shape index (κ2) is 5.05. The summed E-state index contributed by atoms with van der Waals surface area (Å²) >= 11 is 0. The van der Waals surface area contributed by atoms with Gasteiger partial charge < -0.3 is 15.5 Å². The molecule has 3 rings (SSSR count). The molecule has 0 amide bonds. The maximum absolute atomic E-state index is 13.5. The average molecular weight is 269 g/mol. The van der Waals surface area contributed by atoms with Crippen LogP contribution in [0, 0.1) is 5.82 Å². The van der Waals surface area contributed by atoms with Gasteiger partial charge in [0.2, 0.25) is 0 Å². The first-order valence-electron chi connectivity index (χ1n) is 6.06. The van der Waals surface area contributed by atoms with Crippen LogP contribution in [0.2, 0.25) is 0 Å². The highest BCUT2D eigenvalue weighted by Gasteiger charge is 2.08. The van der Waals surface area contributed by atoms with E-state index < -0.39 is 0 Å². The molecule has 4 nitrogen and oxygen atoms in total. The quantitative estimate of drug-likeness (QED) is 0.710. The van der Waals surface area contributed by atoms with Gasteiger partial charge in [-0.3, -0.25) is 0 Å². The molecule has 1 aromatic heterocycles. The second-order valence-electron chi connectivity index (χ2n) is 4.26. The first kappa shape index (κ1) is 12.2. The van der Waals surface area contributed by atoms with Crippen LogP contribution in [0.1, 0.15) is 0 Å². The lowest BCUT2D eigenvalue weighted by molar-refractivity contribution is 0.587. The van der Waals surface area contributed by atoms with Gasteiger partial charge in [0.05, 0.1) is 11.9 Å². The van der Waals surface area contributed by atoms with Crippen LogP contribution >= 0.6 is 0 Å². The molecule has 3 aromatic rings. The lowest BCUT2D eigenvalue weighted by Gasteiger charge is -2.02. The predicted octanol–water partition coefficient (Wildman–Crippen LogP) is 3.81. The lowest BCUT2D eigenvalue weighted by Crippen LogP contribution is -1.92. The van der Waals surface area contributed by atoms with Gasteiger partial charge in [0.1, 0.15) is 5.82 Å². The Morgan fingerprint density at radius 1 is 1.10 bits per heavy atom. The number of rotatable bonds is 3. The molecular formula is C15H12FN3O. The van der Waals surface area contributed by atoms with E-state index in [0.29, 0.717) is 17.1 Å². The summed E-state index contributed by atoms with van der Waals surface area (Å²) < 4.78 is 19.0. The Kier molecular flexibility index (Phi) is 3.09. The van der Waals surface area contributed by atoms with E-state index in [2.05, 4.69) is 10.3 Å². The molecule has 0 unspecified atom stereocenters. The molecule has 5 heteroatoms. The van der Waals surface area contributed by atoms with Gasteiger partial charge in [-0.25, -0.2) is 9.37 Å². The Morgan fingerprint density at radius 3 is 2.75 bits per heavy atom. The van der Waals surface area contributed by atoms with Crippen LogP contribution in [0.15, 0.2) is 59.1 Å². The largest absolute Gasteiger partial charge is 0.423 e. The number of aromatic nitrogens is 1. The molecule has 0 radical (unpaired) electrons. The number of oxazole rings is 1. The summed E-state index contributed by atoms with van der Waals surface area (Å²) in [4.78, 5) is 4.07. The fraction of sp³-hybridized carbons (Fsp3) is 0. The number of nitrogens with two attached hydrogens (primary N) is 1.